The molecule has 1 saturated heterocycles. The number of nitrogens with zero attached hydrogens (tertiary/aromatic N) is 2. The number of thiazole rings is 1. The van der Waals surface area contributed by atoms with Crippen molar-refractivity contribution < 1.29 is 9.59 Å². The quantitative estimate of drug-likeness (QED) is 0.556. The van der Waals surface area contributed by atoms with E-state index in [9.17, 15) is 9.59 Å². The van der Waals surface area contributed by atoms with E-state index < -0.39 is 0 Å². The summed E-state index contributed by atoms with van der Waals surface area (Å²) in [5.41, 5.74) is 4.39. The number of anilines is 1. The van der Waals surface area contributed by atoms with Crippen molar-refractivity contribution in [2.24, 2.45) is 5.92 Å². The molecular formula is C23H23N3O2S2. The lowest BCUT2D eigenvalue weighted by molar-refractivity contribution is -0.121. The van der Waals surface area contributed by atoms with E-state index in [-0.39, 0.29) is 17.7 Å². The predicted molar refractivity (Wildman–Crippen MR) is 122 cm³/mol. The molecule has 0 radical (unpaired) electrons. The molecule has 1 aliphatic heterocycles. The van der Waals surface area contributed by atoms with Crippen LogP contribution in [0.4, 0.5) is 5.69 Å². The Morgan fingerprint density at radius 1 is 1.07 bits per heavy atom. The van der Waals surface area contributed by atoms with E-state index in [4.69, 9.17) is 0 Å². The summed E-state index contributed by atoms with van der Waals surface area (Å²) in [5.74, 6) is 0.754. The molecule has 0 bridgehead atoms. The van der Waals surface area contributed by atoms with Gasteiger partial charge in [-0.05, 0) is 37.1 Å². The molecule has 0 unspecified atom stereocenters. The number of thioether (sulfide) groups is 1. The number of para-hydroxylation sites is 1. The molecule has 2 amide bonds. The molecule has 30 heavy (non-hydrogen) atoms. The maximum Gasteiger partial charge on any atom is 0.254 e. The third-order valence-electron chi connectivity index (χ3n) is 5.17. The van der Waals surface area contributed by atoms with Gasteiger partial charge in [0.1, 0.15) is 0 Å². The van der Waals surface area contributed by atoms with E-state index in [1.807, 2.05) is 70.4 Å². The number of hydrogen-bond acceptors (Lipinski definition) is 5. The van der Waals surface area contributed by atoms with E-state index in [0.717, 1.165) is 27.6 Å². The number of piperidine rings is 1. The van der Waals surface area contributed by atoms with E-state index in [1.54, 1.807) is 23.1 Å². The zero-order valence-electron chi connectivity index (χ0n) is 16.5. The fourth-order valence-corrected chi connectivity index (χ4v) is 5.12. The molecule has 0 aliphatic carbocycles. The summed E-state index contributed by atoms with van der Waals surface area (Å²) in [7, 11) is 0. The highest BCUT2D eigenvalue weighted by atomic mass is 32.2. The molecule has 1 N–H and O–H groups in total. The van der Waals surface area contributed by atoms with Crippen molar-refractivity contribution in [3.8, 4) is 0 Å². The molecule has 0 atom stereocenters. The van der Waals surface area contributed by atoms with Gasteiger partial charge in [-0.1, -0.05) is 30.3 Å². The van der Waals surface area contributed by atoms with Gasteiger partial charge in [0.2, 0.25) is 5.91 Å². The number of carbonyl (C=O) groups excluding carboxylic acids is 2. The van der Waals surface area contributed by atoms with Crippen LogP contribution >= 0.6 is 23.1 Å². The van der Waals surface area contributed by atoms with E-state index in [0.29, 0.717) is 25.9 Å². The summed E-state index contributed by atoms with van der Waals surface area (Å²) in [5, 5.41) is 5.01. The van der Waals surface area contributed by atoms with E-state index in [2.05, 4.69) is 10.3 Å². The van der Waals surface area contributed by atoms with Crippen LogP contribution in [0, 0.1) is 5.92 Å². The zero-order chi connectivity index (χ0) is 20.8. The zero-order valence-corrected chi connectivity index (χ0v) is 18.1. The van der Waals surface area contributed by atoms with Gasteiger partial charge in [-0.15, -0.1) is 23.1 Å². The number of benzene rings is 2. The number of aromatic nitrogens is 1. The van der Waals surface area contributed by atoms with Gasteiger partial charge < -0.3 is 10.2 Å². The Kier molecular flexibility index (Phi) is 6.81. The minimum absolute atomic E-state index is 0.0347. The monoisotopic (exact) mass is 437 g/mol. The highest BCUT2D eigenvalue weighted by molar-refractivity contribution is 7.98. The van der Waals surface area contributed by atoms with Crippen molar-refractivity contribution in [3.63, 3.8) is 0 Å². The van der Waals surface area contributed by atoms with Crippen molar-refractivity contribution in [3.05, 3.63) is 76.7 Å². The Balaban J connectivity index is 1.34. The van der Waals surface area contributed by atoms with Gasteiger partial charge in [0, 0.05) is 40.7 Å². The number of amides is 2. The Morgan fingerprint density at radius 3 is 2.53 bits per heavy atom. The van der Waals surface area contributed by atoms with Crippen LogP contribution in [0.5, 0.6) is 0 Å². The first-order valence-corrected chi connectivity index (χ1v) is 11.9. The molecule has 0 saturated carbocycles. The molecule has 1 aliphatic rings. The maximum absolute atomic E-state index is 13.1. The first-order chi connectivity index (χ1) is 14.7. The SMILES string of the molecule is O=C(Nc1ccccc1)C1CCN(C(=O)c2ccccc2SCc2cscn2)CC1. The minimum Gasteiger partial charge on any atom is -0.339 e. The molecule has 2 heterocycles. The summed E-state index contributed by atoms with van der Waals surface area (Å²) in [6.07, 6.45) is 1.36. The maximum atomic E-state index is 13.1. The van der Waals surface area contributed by atoms with Crippen LogP contribution in [-0.4, -0.2) is 34.8 Å². The number of likely N-dealkylation sites (tertiary alicyclic amines) is 1. The summed E-state index contributed by atoms with van der Waals surface area (Å²) in [4.78, 5) is 32.8. The summed E-state index contributed by atoms with van der Waals surface area (Å²) in [6.45, 7) is 1.19. The molecule has 7 heteroatoms. The predicted octanol–water partition coefficient (Wildman–Crippen LogP) is 4.93. The normalized spacial score (nSPS) is 14.5. The Hall–Kier alpha value is -2.64. The first kappa shape index (κ1) is 20.6. The van der Waals surface area contributed by atoms with Gasteiger partial charge in [-0.25, -0.2) is 4.98 Å². The average molecular weight is 438 g/mol. The van der Waals surface area contributed by atoms with Crippen LogP contribution < -0.4 is 5.32 Å². The highest BCUT2D eigenvalue weighted by Gasteiger charge is 2.28. The molecule has 1 aromatic heterocycles. The van der Waals surface area contributed by atoms with Crippen LogP contribution in [0.25, 0.3) is 0 Å². The van der Waals surface area contributed by atoms with Gasteiger partial charge in [0.15, 0.2) is 0 Å². The number of nitrogens with one attached hydrogen (secondary N) is 1. The Bertz CT molecular complexity index is 985. The van der Waals surface area contributed by atoms with E-state index in [1.165, 1.54) is 0 Å². The second-order valence-corrected chi connectivity index (χ2v) is 8.92. The average Bonchev–Trinajstić information content (AvgIpc) is 3.32. The molecule has 154 valence electrons. The van der Waals surface area contributed by atoms with Gasteiger partial charge in [-0.3, -0.25) is 9.59 Å². The molecule has 0 spiro atoms. The number of carbonyl (C=O) groups is 2. The largest absolute Gasteiger partial charge is 0.339 e. The Morgan fingerprint density at radius 2 is 1.80 bits per heavy atom. The second-order valence-electron chi connectivity index (χ2n) is 7.19. The fraction of sp³-hybridized carbons (Fsp3) is 0.261. The third kappa shape index (κ3) is 5.09. The Labute approximate surface area is 184 Å². The van der Waals surface area contributed by atoms with Crippen LogP contribution in [0.15, 0.2) is 70.4 Å². The lowest BCUT2D eigenvalue weighted by atomic mass is 9.95. The van der Waals surface area contributed by atoms with Gasteiger partial charge in [0.05, 0.1) is 16.8 Å². The van der Waals surface area contributed by atoms with Gasteiger partial charge >= 0.3 is 0 Å². The number of hydrogen-bond donors (Lipinski definition) is 1. The van der Waals surface area contributed by atoms with Crippen molar-refractivity contribution in [2.75, 3.05) is 18.4 Å². The van der Waals surface area contributed by atoms with Crippen LogP contribution in [0.3, 0.4) is 0 Å². The van der Waals surface area contributed by atoms with Crippen LogP contribution in [0.2, 0.25) is 0 Å². The van der Waals surface area contributed by atoms with Crippen molar-refractivity contribution in [1.29, 1.82) is 0 Å². The highest BCUT2D eigenvalue weighted by Crippen LogP contribution is 2.28. The molecular weight excluding hydrogens is 414 g/mol. The van der Waals surface area contributed by atoms with E-state index >= 15 is 0 Å². The summed E-state index contributed by atoms with van der Waals surface area (Å²) < 4.78 is 0. The molecule has 5 nitrogen and oxygen atoms in total. The lowest BCUT2D eigenvalue weighted by Crippen LogP contribution is -2.41. The molecule has 3 aromatic rings. The van der Waals surface area contributed by atoms with Crippen molar-refractivity contribution >= 4 is 40.6 Å². The lowest BCUT2D eigenvalue weighted by Gasteiger charge is -2.31. The third-order valence-corrected chi connectivity index (χ3v) is 6.91. The summed E-state index contributed by atoms with van der Waals surface area (Å²) in [6, 6.07) is 17.2. The van der Waals surface area contributed by atoms with Gasteiger partial charge in [0.25, 0.3) is 5.91 Å². The smallest absolute Gasteiger partial charge is 0.254 e. The standard InChI is InChI=1S/C23H23N3O2S2/c27-22(25-18-6-2-1-3-7-18)17-10-12-26(13-11-17)23(28)20-8-4-5-9-21(20)30-15-19-14-29-16-24-19/h1-9,14,16-17H,10-13,15H2,(H,25,27). The van der Waals surface area contributed by atoms with Crippen molar-refractivity contribution in [2.45, 2.75) is 23.5 Å². The fourth-order valence-electron chi connectivity index (χ4n) is 3.51. The minimum atomic E-state index is -0.0662. The summed E-state index contributed by atoms with van der Waals surface area (Å²) >= 11 is 3.21. The second kappa shape index (κ2) is 9.91. The molecule has 1 fully saturated rings. The van der Waals surface area contributed by atoms with Crippen molar-refractivity contribution in [1.82, 2.24) is 9.88 Å². The van der Waals surface area contributed by atoms with Crippen LogP contribution in [0.1, 0.15) is 28.9 Å². The number of rotatable bonds is 6. The van der Waals surface area contributed by atoms with Gasteiger partial charge in [-0.2, -0.15) is 0 Å². The van der Waals surface area contributed by atoms with Crippen LogP contribution in [-0.2, 0) is 10.5 Å². The molecule has 4 rings (SSSR count). The first-order valence-electron chi connectivity index (χ1n) is 9.95. The molecule has 2 aromatic carbocycles. The topological polar surface area (TPSA) is 62.3 Å².